The SMILES string of the molecule is CCCNC(CN(C)CCS(C)(=O)=O)c1ccc(C)cc1. The Bertz CT molecular complexity index is 512. The smallest absolute Gasteiger partial charge is 0.148 e. The van der Waals surface area contributed by atoms with E-state index in [0.29, 0.717) is 6.54 Å². The van der Waals surface area contributed by atoms with Crippen LogP contribution in [-0.2, 0) is 9.84 Å². The van der Waals surface area contributed by atoms with E-state index in [1.54, 1.807) is 0 Å². The minimum atomic E-state index is -2.90. The van der Waals surface area contributed by atoms with E-state index in [2.05, 4.69) is 48.3 Å². The first-order chi connectivity index (χ1) is 9.81. The van der Waals surface area contributed by atoms with E-state index < -0.39 is 9.84 Å². The van der Waals surface area contributed by atoms with Crippen LogP contribution in [0.3, 0.4) is 0 Å². The molecular formula is C16H28N2O2S. The lowest BCUT2D eigenvalue weighted by Gasteiger charge is -2.25. The second-order valence-corrected chi connectivity index (χ2v) is 8.07. The molecule has 1 aromatic rings. The third kappa shape index (κ3) is 7.60. The van der Waals surface area contributed by atoms with Crippen molar-refractivity contribution in [3.05, 3.63) is 35.4 Å². The Morgan fingerprint density at radius 3 is 2.38 bits per heavy atom. The van der Waals surface area contributed by atoms with Crippen LogP contribution in [0, 0.1) is 6.92 Å². The summed E-state index contributed by atoms with van der Waals surface area (Å²) in [5.41, 5.74) is 2.50. The lowest BCUT2D eigenvalue weighted by atomic mass is 10.0. The zero-order valence-electron chi connectivity index (χ0n) is 13.6. The third-order valence-electron chi connectivity index (χ3n) is 3.46. The highest BCUT2D eigenvalue weighted by molar-refractivity contribution is 7.90. The lowest BCUT2D eigenvalue weighted by molar-refractivity contribution is 0.304. The number of rotatable bonds is 9. The summed E-state index contributed by atoms with van der Waals surface area (Å²) in [6.07, 6.45) is 2.36. The van der Waals surface area contributed by atoms with Gasteiger partial charge in [-0.05, 0) is 32.5 Å². The fourth-order valence-corrected chi connectivity index (χ4v) is 2.77. The number of nitrogens with zero attached hydrogens (tertiary/aromatic N) is 1. The van der Waals surface area contributed by atoms with Crippen LogP contribution in [0.5, 0.6) is 0 Å². The average Bonchev–Trinajstić information content (AvgIpc) is 2.41. The van der Waals surface area contributed by atoms with Gasteiger partial charge in [0.1, 0.15) is 9.84 Å². The summed E-state index contributed by atoms with van der Waals surface area (Å²) >= 11 is 0. The molecule has 4 nitrogen and oxygen atoms in total. The Labute approximate surface area is 129 Å². The number of nitrogens with one attached hydrogen (secondary N) is 1. The molecule has 1 unspecified atom stereocenters. The molecule has 5 heteroatoms. The van der Waals surface area contributed by atoms with Gasteiger partial charge >= 0.3 is 0 Å². The Morgan fingerprint density at radius 1 is 1.24 bits per heavy atom. The molecular weight excluding hydrogens is 284 g/mol. The van der Waals surface area contributed by atoms with Gasteiger partial charge in [0.15, 0.2) is 0 Å². The van der Waals surface area contributed by atoms with Gasteiger partial charge in [-0.25, -0.2) is 8.42 Å². The minimum absolute atomic E-state index is 0.206. The molecule has 1 rings (SSSR count). The van der Waals surface area contributed by atoms with E-state index in [9.17, 15) is 8.42 Å². The largest absolute Gasteiger partial charge is 0.309 e. The zero-order valence-corrected chi connectivity index (χ0v) is 14.4. The number of hydrogen-bond acceptors (Lipinski definition) is 4. The number of hydrogen-bond donors (Lipinski definition) is 1. The van der Waals surface area contributed by atoms with E-state index in [1.165, 1.54) is 17.4 Å². The average molecular weight is 312 g/mol. The van der Waals surface area contributed by atoms with Crippen LogP contribution in [0.4, 0.5) is 0 Å². The molecule has 120 valence electrons. The van der Waals surface area contributed by atoms with Crippen molar-refractivity contribution in [2.24, 2.45) is 0 Å². The van der Waals surface area contributed by atoms with Crippen LogP contribution in [-0.4, -0.2) is 52.0 Å². The van der Waals surface area contributed by atoms with E-state index in [0.717, 1.165) is 19.5 Å². The molecule has 0 amide bonds. The van der Waals surface area contributed by atoms with Gasteiger partial charge in [0.05, 0.1) is 5.75 Å². The van der Waals surface area contributed by atoms with E-state index in [1.807, 2.05) is 7.05 Å². The second kappa shape index (κ2) is 8.51. The van der Waals surface area contributed by atoms with Gasteiger partial charge in [-0.15, -0.1) is 0 Å². The first kappa shape index (κ1) is 18.1. The van der Waals surface area contributed by atoms with Gasteiger partial charge in [-0.1, -0.05) is 36.8 Å². The van der Waals surface area contributed by atoms with Crippen molar-refractivity contribution in [1.82, 2.24) is 10.2 Å². The quantitative estimate of drug-likeness (QED) is 0.758. The summed E-state index contributed by atoms with van der Waals surface area (Å²) in [6, 6.07) is 8.76. The van der Waals surface area contributed by atoms with Crippen molar-refractivity contribution in [3.8, 4) is 0 Å². The maximum absolute atomic E-state index is 11.3. The highest BCUT2D eigenvalue weighted by atomic mass is 32.2. The van der Waals surface area contributed by atoms with Crippen LogP contribution in [0.25, 0.3) is 0 Å². The van der Waals surface area contributed by atoms with E-state index >= 15 is 0 Å². The van der Waals surface area contributed by atoms with Gasteiger partial charge < -0.3 is 10.2 Å². The zero-order chi connectivity index (χ0) is 15.9. The van der Waals surface area contributed by atoms with E-state index in [-0.39, 0.29) is 11.8 Å². The minimum Gasteiger partial charge on any atom is -0.309 e. The molecule has 0 spiro atoms. The van der Waals surface area contributed by atoms with Gasteiger partial charge in [0.2, 0.25) is 0 Å². The highest BCUT2D eigenvalue weighted by Gasteiger charge is 2.14. The Morgan fingerprint density at radius 2 is 1.86 bits per heavy atom. The standard InChI is InChI=1S/C16H28N2O2S/c1-5-10-17-16(15-8-6-14(2)7-9-15)13-18(3)11-12-21(4,19)20/h6-9,16-17H,5,10-13H2,1-4H3. The first-order valence-electron chi connectivity index (χ1n) is 7.48. The van der Waals surface area contributed by atoms with Crippen molar-refractivity contribution >= 4 is 9.84 Å². The number of sulfone groups is 1. The fraction of sp³-hybridized carbons (Fsp3) is 0.625. The number of benzene rings is 1. The molecule has 1 aromatic carbocycles. The van der Waals surface area contributed by atoms with Crippen LogP contribution in [0.15, 0.2) is 24.3 Å². The molecule has 0 aliphatic rings. The van der Waals surface area contributed by atoms with Gasteiger partial charge in [0, 0.05) is 25.4 Å². The molecule has 0 heterocycles. The van der Waals surface area contributed by atoms with Crippen LogP contribution >= 0.6 is 0 Å². The van der Waals surface area contributed by atoms with Crippen molar-refractivity contribution in [2.75, 3.05) is 38.7 Å². The van der Waals surface area contributed by atoms with E-state index in [4.69, 9.17) is 0 Å². The predicted molar refractivity (Wildman–Crippen MR) is 89.4 cm³/mol. The van der Waals surface area contributed by atoms with Crippen LogP contribution in [0.1, 0.15) is 30.5 Å². The molecule has 0 aliphatic carbocycles. The molecule has 0 saturated carbocycles. The lowest BCUT2D eigenvalue weighted by Crippen LogP contribution is -2.35. The summed E-state index contributed by atoms with van der Waals surface area (Å²) in [4.78, 5) is 2.08. The van der Waals surface area contributed by atoms with Crippen molar-refractivity contribution in [2.45, 2.75) is 26.3 Å². The molecule has 0 aromatic heterocycles. The molecule has 1 atom stereocenters. The fourth-order valence-electron chi connectivity index (χ4n) is 2.13. The molecule has 0 saturated heterocycles. The first-order valence-corrected chi connectivity index (χ1v) is 9.54. The molecule has 1 N–H and O–H groups in total. The van der Waals surface area contributed by atoms with Crippen molar-refractivity contribution in [3.63, 3.8) is 0 Å². The van der Waals surface area contributed by atoms with Crippen LogP contribution in [0.2, 0.25) is 0 Å². The molecule has 21 heavy (non-hydrogen) atoms. The summed E-state index contributed by atoms with van der Waals surface area (Å²) in [5.74, 6) is 0.206. The Hall–Kier alpha value is -0.910. The molecule has 0 radical (unpaired) electrons. The van der Waals surface area contributed by atoms with Crippen molar-refractivity contribution < 1.29 is 8.42 Å². The number of likely N-dealkylation sites (N-methyl/N-ethyl adjacent to an activating group) is 1. The summed E-state index contributed by atoms with van der Waals surface area (Å²) in [5, 5.41) is 3.54. The molecule has 0 bridgehead atoms. The summed E-state index contributed by atoms with van der Waals surface area (Å²) in [7, 11) is -0.932. The Kier molecular flexibility index (Phi) is 7.35. The topological polar surface area (TPSA) is 49.4 Å². The maximum Gasteiger partial charge on any atom is 0.148 e. The van der Waals surface area contributed by atoms with Gasteiger partial charge in [-0.2, -0.15) is 0 Å². The Balaban J connectivity index is 2.67. The normalized spacial score (nSPS) is 13.6. The molecule has 0 aliphatic heterocycles. The van der Waals surface area contributed by atoms with Crippen molar-refractivity contribution in [1.29, 1.82) is 0 Å². The monoisotopic (exact) mass is 312 g/mol. The maximum atomic E-state index is 11.3. The summed E-state index contributed by atoms with van der Waals surface area (Å²) < 4.78 is 22.5. The highest BCUT2D eigenvalue weighted by Crippen LogP contribution is 2.15. The third-order valence-corrected chi connectivity index (χ3v) is 4.38. The summed E-state index contributed by atoms with van der Waals surface area (Å²) in [6.45, 7) is 6.55. The van der Waals surface area contributed by atoms with Crippen LogP contribution < -0.4 is 5.32 Å². The number of aryl methyl sites for hydroxylation is 1. The van der Waals surface area contributed by atoms with Gasteiger partial charge in [0.25, 0.3) is 0 Å². The molecule has 0 fully saturated rings. The van der Waals surface area contributed by atoms with Gasteiger partial charge in [-0.3, -0.25) is 0 Å². The second-order valence-electron chi connectivity index (χ2n) is 5.81. The predicted octanol–water partition coefficient (Wildman–Crippen LogP) is 2.01.